The molecule has 0 aromatic carbocycles. The van der Waals surface area contributed by atoms with E-state index >= 15 is 0 Å². The Kier molecular flexibility index (Phi) is 2.49. The van der Waals surface area contributed by atoms with Crippen LogP contribution in [0, 0.1) is 0 Å². The highest BCUT2D eigenvalue weighted by Crippen LogP contribution is 2.37. The van der Waals surface area contributed by atoms with E-state index < -0.39 is 11.2 Å². The van der Waals surface area contributed by atoms with Crippen LogP contribution in [0.2, 0.25) is 0 Å². The van der Waals surface area contributed by atoms with E-state index in [-0.39, 0.29) is 0 Å². The van der Waals surface area contributed by atoms with Crippen LogP contribution < -0.4 is 5.73 Å². The summed E-state index contributed by atoms with van der Waals surface area (Å²) in [4.78, 5) is 0. The molecular weight excluding hydrogens is 161 g/mol. The highest BCUT2D eigenvalue weighted by atomic mass is 32.2. The fraction of sp³-hybridized carbons (Fsp3) is 1.00. The van der Waals surface area contributed by atoms with Gasteiger partial charge in [0, 0.05) is 11.3 Å². The first-order valence-corrected chi connectivity index (χ1v) is 5.17. The summed E-state index contributed by atoms with van der Waals surface area (Å²) in [6, 6.07) is 0. The maximum Gasteiger partial charge on any atom is 0.137 e. The van der Waals surface area contributed by atoms with Crippen molar-refractivity contribution in [1.82, 2.24) is 0 Å². The molecule has 0 saturated carbocycles. The summed E-state index contributed by atoms with van der Waals surface area (Å²) in [5.74, 6) is 1.65. The summed E-state index contributed by atoms with van der Waals surface area (Å²) in [6.07, 6.45) is 1.59. The van der Waals surface area contributed by atoms with Crippen LogP contribution in [0.5, 0.6) is 0 Å². The minimum atomic E-state index is -1.14. The lowest BCUT2D eigenvalue weighted by atomic mass is 9.83. The van der Waals surface area contributed by atoms with E-state index in [0.717, 1.165) is 12.2 Å². The molecule has 0 aromatic heterocycles. The zero-order valence-corrected chi connectivity index (χ0v) is 8.01. The van der Waals surface area contributed by atoms with Crippen LogP contribution in [-0.4, -0.2) is 22.7 Å². The Balaban J connectivity index is 2.64. The third-order valence-corrected chi connectivity index (χ3v) is 3.59. The summed E-state index contributed by atoms with van der Waals surface area (Å²) in [6.45, 7) is 3.55. The van der Waals surface area contributed by atoms with Crippen molar-refractivity contribution in [3.63, 3.8) is 0 Å². The maximum absolute atomic E-state index is 13.9. The second kappa shape index (κ2) is 2.94. The Bertz CT molecular complexity index is 136. The predicted octanol–water partition coefficient (Wildman–Crippen LogP) is 1.96. The topological polar surface area (TPSA) is 26.0 Å². The summed E-state index contributed by atoms with van der Waals surface area (Å²) < 4.78 is 13.9. The average molecular weight is 177 g/mol. The van der Waals surface area contributed by atoms with Crippen LogP contribution in [0.4, 0.5) is 4.39 Å². The highest BCUT2D eigenvalue weighted by Gasteiger charge is 2.43. The molecule has 0 bridgehead atoms. The fourth-order valence-electron chi connectivity index (χ4n) is 1.27. The summed E-state index contributed by atoms with van der Waals surface area (Å²) in [7, 11) is 0. The molecular formula is C8H16FNS. The number of hydrogen-bond donors (Lipinski definition) is 1. The van der Waals surface area contributed by atoms with Crippen molar-refractivity contribution in [2.75, 3.05) is 11.5 Å². The number of nitrogens with two attached hydrogens (primary N) is 1. The summed E-state index contributed by atoms with van der Waals surface area (Å²) in [5.41, 5.74) is 3.93. The molecule has 1 fully saturated rings. The van der Waals surface area contributed by atoms with E-state index in [1.807, 2.05) is 0 Å². The molecule has 1 aliphatic rings. The second-order valence-electron chi connectivity index (χ2n) is 3.84. The molecule has 1 heterocycles. The molecule has 2 N–H and O–H groups in total. The van der Waals surface area contributed by atoms with Gasteiger partial charge in [-0.05, 0) is 32.4 Å². The van der Waals surface area contributed by atoms with Crippen LogP contribution >= 0.6 is 11.8 Å². The molecule has 1 nitrogen and oxygen atoms in total. The van der Waals surface area contributed by atoms with E-state index in [1.54, 1.807) is 25.6 Å². The van der Waals surface area contributed by atoms with Crippen LogP contribution in [0.25, 0.3) is 0 Å². The molecule has 0 amide bonds. The first-order valence-electron chi connectivity index (χ1n) is 4.01. The van der Waals surface area contributed by atoms with Gasteiger partial charge in [-0.3, -0.25) is 0 Å². The van der Waals surface area contributed by atoms with Gasteiger partial charge in [0.25, 0.3) is 0 Å². The van der Waals surface area contributed by atoms with E-state index in [1.165, 1.54) is 0 Å². The quantitative estimate of drug-likeness (QED) is 0.662. The molecule has 0 aromatic rings. The molecule has 0 radical (unpaired) electrons. The van der Waals surface area contributed by atoms with Gasteiger partial charge in [-0.25, -0.2) is 4.39 Å². The van der Waals surface area contributed by atoms with Crippen LogP contribution in [0.1, 0.15) is 26.7 Å². The lowest BCUT2D eigenvalue weighted by Crippen LogP contribution is -2.56. The van der Waals surface area contributed by atoms with Gasteiger partial charge in [-0.1, -0.05) is 0 Å². The van der Waals surface area contributed by atoms with Crippen molar-refractivity contribution in [3.05, 3.63) is 0 Å². The molecule has 1 saturated heterocycles. The van der Waals surface area contributed by atoms with Gasteiger partial charge in [0.2, 0.25) is 0 Å². The number of halogens is 1. The standard InChI is InChI=1S/C8H16FNS/c1-7(2,10)8(9)4-3-5-11-6-8/h3-6,10H2,1-2H3. The molecule has 1 aliphatic heterocycles. The minimum Gasteiger partial charge on any atom is -0.323 e. The molecule has 0 aliphatic carbocycles. The van der Waals surface area contributed by atoms with Gasteiger partial charge in [0.05, 0.1) is 0 Å². The van der Waals surface area contributed by atoms with E-state index in [4.69, 9.17) is 5.73 Å². The van der Waals surface area contributed by atoms with E-state index in [2.05, 4.69) is 0 Å². The van der Waals surface area contributed by atoms with Crippen LogP contribution in [0.15, 0.2) is 0 Å². The predicted molar refractivity (Wildman–Crippen MR) is 48.7 cm³/mol. The smallest absolute Gasteiger partial charge is 0.137 e. The van der Waals surface area contributed by atoms with Gasteiger partial charge in [-0.15, -0.1) is 0 Å². The fourth-order valence-corrected chi connectivity index (χ4v) is 2.60. The Morgan fingerprint density at radius 2 is 2.18 bits per heavy atom. The van der Waals surface area contributed by atoms with Gasteiger partial charge in [-0.2, -0.15) is 11.8 Å². The van der Waals surface area contributed by atoms with Crippen LogP contribution in [-0.2, 0) is 0 Å². The minimum absolute atomic E-state index is 0.566. The lowest BCUT2D eigenvalue weighted by Gasteiger charge is -2.39. The summed E-state index contributed by atoms with van der Waals surface area (Å²) >= 11 is 1.67. The lowest BCUT2D eigenvalue weighted by molar-refractivity contribution is 0.0882. The second-order valence-corrected chi connectivity index (χ2v) is 4.95. The van der Waals surface area contributed by atoms with Crippen molar-refractivity contribution in [2.45, 2.75) is 37.9 Å². The number of thioether (sulfide) groups is 1. The summed E-state index contributed by atoms with van der Waals surface area (Å²) in [5, 5.41) is 0. The zero-order valence-electron chi connectivity index (χ0n) is 7.19. The molecule has 1 atom stereocenters. The Labute approximate surface area is 71.9 Å². The van der Waals surface area contributed by atoms with Gasteiger partial charge >= 0.3 is 0 Å². The monoisotopic (exact) mass is 177 g/mol. The first kappa shape index (κ1) is 9.33. The third kappa shape index (κ3) is 1.88. The molecule has 1 unspecified atom stereocenters. The van der Waals surface area contributed by atoms with Crippen molar-refractivity contribution in [2.24, 2.45) is 5.73 Å². The molecule has 1 rings (SSSR count). The number of hydrogen-bond acceptors (Lipinski definition) is 2. The number of alkyl halides is 1. The van der Waals surface area contributed by atoms with E-state index in [0.29, 0.717) is 12.2 Å². The van der Waals surface area contributed by atoms with Gasteiger partial charge in [0.1, 0.15) is 5.67 Å². The van der Waals surface area contributed by atoms with Crippen molar-refractivity contribution in [3.8, 4) is 0 Å². The average Bonchev–Trinajstić information content (AvgIpc) is 1.87. The normalized spacial score (nSPS) is 33.8. The zero-order chi connectivity index (χ0) is 8.54. The first-order chi connectivity index (χ1) is 4.96. The highest BCUT2D eigenvalue weighted by molar-refractivity contribution is 7.99. The van der Waals surface area contributed by atoms with Gasteiger partial charge in [0.15, 0.2) is 0 Å². The molecule has 0 spiro atoms. The van der Waals surface area contributed by atoms with Gasteiger partial charge < -0.3 is 5.73 Å². The third-order valence-electron chi connectivity index (χ3n) is 2.35. The Morgan fingerprint density at radius 3 is 2.45 bits per heavy atom. The molecule has 66 valence electrons. The molecule has 11 heavy (non-hydrogen) atoms. The van der Waals surface area contributed by atoms with E-state index in [9.17, 15) is 4.39 Å². The Morgan fingerprint density at radius 1 is 1.55 bits per heavy atom. The molecule has 3 heteroatoms. The van der Waals surface area contributed by atoms with Crippen molar-refractivity contribution < 1.29 is 4.39 Å². The SMILES string of the molecule is CC(C)(N)C1(F)CCCSC1. The van der Waals surface area contributed by atoms with Crippen LogP contribution in [0.3, 0.4) is 0 Å². The Hall–Kier alpha value is 0.240. The number of rotatable bonds is 1. The largest absolute Gasteiger partial charge is 0.323 e. The van der Waals surface area contributed by atoms with Crippen molar-refractivity contribution in [1.29, 1.82) is 0 Å². The van der Waals surface area contributed by atoms with Crippen molar-refractivity contribution >= 4 is 11.8 Å². The maximum atomic E-state index is 13.9.